The van der Waals surface area contributed by atoms with Gasteiger partial charge in [-0.05, 0) is 32.6 Å². The summed E-state index contributed by atoms with van der Waals surface area (Å²) in [6.07, 6.45) is 1.60. The second kappa shape index (κ2) is 5.89. The second-order valence-electron chi connectivity index (χ2n) is 4.45. The van der Waals surface area contributed by atoms with E-state index in [2.05, 4.69) is 0 Å². The van der Waals surface area contributed by atoms with Crippen molar-refractivity contribution < 1.29 is 14.6 Å². The third-order valence-electron chi connectivity index (χ3n) is 3.49. The monoisotopic (exact) mass is 247 g/mol. The Morgan fingerprint density at radius 2 is 2.38 bits per heavy atom. The highest BCUT2D eigenvalue weighted by atomic mass is 32.2. The van der Waals surface area contributed by atoms with E-state index in [0.29, 0.717) is 19.1 Å². The normalized spacial score (nSPS) is 24.6. The quantitative estimate of drug-likeness (QED) is 0.767. The van der Waals surface area contributed by atoms with Gasteiger partial charge >= 0.3 is 5.97 Å². The van der Waals surface area contributed by atoms with Crippen LogP contribution in [0.15, 0.2) is 0 Å². The number of thioether (sulfide) groups is 1. The van der Waals surface area contributed by atoms with Crippen molar-refractivity contribution >= 4 is 17.7 Å². The second-order valence-corrected chi connectivity index (χ2v) is 5.60. The van der Waals surface area contributed by atoms with Gasteiger partial charge in [0.05, 0.1) is 0 Å². The van der Waals surface area contributed by atoms with Crippen molar-refractivity contribution in [1.29, 1.82) is 0 Å². The molecule has 0 bridgehead atoms. The fraction of sp³-hybridized carbons (Fsp3) is 0.909. The molecule has 94 valence electrons. The van der Waals surface area contributed by atoms with Gasteiger partial charge in [-0.25, -0.2) is 0 Å². The minimum absolute atomic E-state index is 0.378. The summed E-state index contributed by atoms with van der Waals surface area (Å²) in [4.78, 5) is 13.4. The Kier molecular flexibility index (Phi) is 5.08. The summed E-state index contributed by atoms with van der Waals surface area (Å²) in [5.41, 5.74) is -0.814. The summed E-state index contributed by atoms with van der Waals surface area (Å²) in [7, 11) is 3.52. The molecule has 0 aromatic rings. The molecule has 1 saturated heterocycles. The largest absolute Gasteiger partial charge is 0.480 e. The third-order valence-corrected chi connectivity index (χ3v) is 4.63. The summed E-state index contributed by atoms with van der Waals surface area (Å²) in [5, 5.41) is 9.39. The van der Waals surface area contributed by atoms with E-state index in [1.165, 1.54) is 0 Å². The number of nitrogens with zero attached hydrogens (tertiary/aromatic N) is 1. The number of rotatable bonds is 6. The van der Waals surface area contributed by atoms with Crippen LogP contribution >= 0.6 is 11.8 Å². The molecule has 0 radical (unpaired) electrons. The number of hydrogen-bond acceptors (Lipinski definition) is 4. The fourth-order valence-corrected chi connectivity index (χ4v) is 3.23. The highest BCUT2D eigenvalue weighted by molar-refractivity contribution is 7.99. The molecule has 1 aliphatic heterocycles. The van der Waals surface area contributed by atoms with Crippen molar-refractivity contribution in [3.8, 4) is 0 Å². The molecule has 2 atom stereocenters. The van der Waals surface area contributed by atoms with Gasteiger partial charge in [0.1, 0.15) is 5.54 Å². The van der Waals surface area contributed by atoms with E-state index in [0.717, 1.165) is 17.9 Å². The van der Waals surface area contributed by atoms with E-state index in [4.69, 9.17) is 4.74 Å². The van der Waals surface area contributed by atoms with Crippen LogP contribution in [-0.2, 0) is 9.53 Å². The molecule has 1 fully saturated rings. The lowest BCUT2D eigenvalue weighted by Crippen LogP contribution is -2.55. The van der Waals surface area contributed by atoms with Gasteiger partial charge in [-0.1, -0.05) is 0 Å². The van der Waals surface area contributed by atoms with Crippen LogP contribution in [0.1, 0.15) is 19.8 Å². The first-order valence-corrected chi connectivity index (χ1v) is 6.71. The predicted molar refractivity (Wildman–Crippen MR) is 66.0 cm³/mol. The number of hydrogen-bond donors (Lipinski definition) is 1. The Hall–Kier alpha value is -0.260. The number of carboxylic acids is 1. The highest BCUT2D eigenvalue weighted by Gasteiger charge is 2.41. The van der Waals surface area contributed by atoms with Gasteiger partial charge in [-0.2, -0.15) is 11.8 Å². The Labute approximate surface area is 101 Å². The van der Waals surface area contributed by atoms with Crippen LogP contribution in [0.3, 0.4) is 0 Å². The molecule has 2 unspecified atom stereocenters. The molecule has 5 heteroatoms. The zero-order valence-electron chi connectivity index (χ0n) is 10.2. The summed E-state index contributed by atoms with van der Waals surface area (Å²) in [6, 6.07) is 0.378. The van der Waals surface area contributed by atoms with Crippen molar-refractivity contribution in [2.75, 3.05) is 32.3 Å². The molecule has 0 spiro atoms. The number of methoxy groups -OCH3 is 1. The van der Waals surface area contributed by atoms with E-state index < -0.39 is 11.5 Å². The standard InChI is InChI=1S/C11H21NO3S/c1-11(10(13)14,5-6-15-3)12(2)9-4-7-16-8-9/h9H,4-8H2,1-3H3,(H,13,14). The van der Waals surface area contributed by atoms with Crippen molar-refractivity contribution in [3.05, 3.63) is 0 Å². The Balaban J connectivity index is 2.70. The number of likely N-dealkylation sites (N-methyl/N-ethyl adjacent to an activating group) is 1. The Morgan fingerprint density at radius 3 is 2.81 bits per heavy atom. The molecular formula is C11H21NO3S. The smallest absolute Gasteiger partial charge is 0.323 e. The van der Waals surface area contributed by atoms with Crippen LogP contribution in [0.25, 0.3) is 0 Å². The Bertz CT molecular complexity index is 243. The molecule has 0 aliphatic carbocycles. The minimum Gasteiger partial charge on any atom is -0.480 e. The lowest BCUT2D eigenvalue weighted by molar-refractivity contribution is -0.152. The molecule has 1 rings (SSSR count). The first-order valence-electron chi connectivity index (χ1n) is 5.55. The van der Waals surface area contributed by atoms with E-state index in [1.807, 2.05) is 23.7 Å². The molecule has 16 heavy (non-hydrogen) atoms. The van der Waals surface area contributed by atoms with Crippen LogP contribution in [-0.4, -0.2) is 59.8 Å². The van der Waals surface area contributed by atoms with Crippen LogP contribution < -0.4 is 0 Å². The SMILES string of the molecule is COCCC(C)(C(=O)O)N(C)C1CCSC1. The molecule has 1 aliphatic rings. The lowest BCUT2D eigenvalue weighted by atomic mass is 9.94. The maximum atomic E-state index is 11.4. The molecule has 0 saturated carbocycles. The van der Waals surface area contributed by atoms with Gasteiger partial charge < -0.3 is 9.84 Å². The summed E-state index contributed by atoms with van der Waals surface area (Å²) >= 11 is 1.90. The zero-order valence-corrected chi connectivity index (χ0v) is 11.0. The maximum absolute atomic E-state index is 11.4. The van der Waals surface area contributed by atoms with E-state index >= 15 is 0 Å². The Morgan fingerprint density at radius 1 is 1.69 bits per heavy atom. The minimum atomic E-state index is -0.814. The van der Waals surface area contributed by atoms with Gasteiger partial charge in [0.15, 0.2) is 0 Å². The number of carbonyl (C=O) groups is 1. The number of aliphatic carboxylic acids is 1. The molecule has 1 heterocycles. The average molecular weight is 247 g/mol. The zero-order chi connectivity index (χ0) is 12.2. The van der Waals surface area contributed by atoms with Gasteiger partial charge in [-0.15, -0.1) is 0 Å². The van der Waals surface area contributed by atoms with Crippen LogP contribution in [0.2, 0.25) is 0 Å². The van der Waals surface area contributed by atoms with E-state index in [9.17, 15) is 9.90 Å². The molecule has 1 N–H and O–H groups in total. The summed E-state index contributed by atoms with van der Waals surface area (Å²) < 4.78 is 5.01. The third kappa shape index (κ3) is 2.90. The molecular weight excluding hydrogens is 226 g/mol. The molecule has 0 aromatic heterocycles. The first kappa shape index (κ1) is 13.8. The van der Waals surface area contributed by atoms with Crippen LogP contribution in [0.5, 0.6) is 0 Å². The topological polar surface area (TPSA) is 49.8 Å². The highest BCUT2D eigenvalue weighted by Crippen LogP contribution is 2.28. The average Bonchev–Trinajstić information content (AvgIpc) is 2.77. The van der Waals surface area contributed by atoms with Gasteiger partial charge in [-0.3, -0.25) is 9.69 Å². The van der Waals surface area contributed by atoms with Crippen LogP contribution in [0.4, 0.5) is 0 Å². The predicted octanol–water partition coefficient (Wildman–Crippen LogP) is 1.30. The van der Waals surface area contributed by atoms with E-state index in [1.54, 1.807) is 14.0 Å². The van der Waals surface area contributed by atoms with Crippen LogP contribution in [0, 0.1) is 0 Å². The first-order chi connectivity index (χ1) is 7.52. The van der Waals surface area contributed by atoms with Crippen molar-refractivity contribution in [2.24, 2.45) is 0 Å². The number of carboxylic acid groups (broad SMARTS) is 1. The molecule has 0 aromatic carbocycles. The van der Waals surface area contributed by atoms with E-state index in [-0.39, 0.29) is 0 Å². The lowest BCUT2D eigenvalue weighted by Gasteiger charge is -2.38. The molecule has 0 amide bonds. The fourth-order valence-electron chi connectivity index (χ4n) is 1.97. The summed E-state index contributed by atoms with van der Waals surface area (Å²) in [5.74, 6) is 1.41. The van der Waals surface area contributed by atoms with Crippen molar-refractivity contribution in [2.45, 2.75) is 31.3 Å². The summed E-state index contributed by atoms with van der Waals surface area (Å²) in [6.45, 7) is 2.27. The van der Waals surface area contributed by atoms with Crippen molar-refractivity contribution in [3.63, 3.8) is 0 Å². The van der Waals surface area contributed by atoms with Crippen molar-refractivity contribution in [1.82, 2.24) is 4.90 Å². The van der Waals surface area contributed by atoms with Gasteiger partial charge in [0, 0.05) is 25.5 Å². The molecule has 4 nitrogen and oxygen atoms in total. The maximum Gasteiger partial charge on any atom is 0.323 e. The number of ether oxygens (including phenoxy) is 1. The van der Waals surface area contributed by atoms with Gasteiger partial charge in [0.25, 0.3) is 0 Å². The van der Waals surface area contributed by atoms with Gasteiger partial charge in [0.2, 0.25) is 0 Å².